The standard InChI is InChI=1S/C14H13N5O5/c1-23-8-3-4-9(10(5-8)24-2)12-13(22)18(6-11(20)21)14-16-15-7-19(14)17-12/h3-5,7H,6H2,1-2H3,(H,20,21). The van der Waals surface area contributed by atoms with Crippen LogP contribution in [0.25, 0.3) is 17.0 Å². The minimum atomic E-state index is -1.18. The van der Waals surface area contributed by atoms with Crippen LogP contribution in [0.15, 0.2) is 29.3 Å². The number of ether oxygens (including phenoxy) is 2. The van der Waals surface area contributed by atoms with Gasteiger partial charge >= 0.3 is 5.97 Å². The molecule has 0 saturated heterocycles. The molecule has 2 heterocycles. The molecule has 1 aromatic carbocycles. The Hall–Kier alpha value is -3.43. The van der Waals surface area contributed by atoms with Gasteiger partial charge in [0, 0.05) is 6.07 Å². The largest absolute Gasteiger partial charge is 0.497 e. The number of carbonyl (C=O) groups is 1. The van der Waals surface area contributed by atoms with E-state index >= 15 is 0 Å². The molecule has 0 amide bonds. The van der Waals surface area contributed by atoms with Gasteiger partial charge in [-0.25, -0.2) is 0 Å². The summed E-state index contributed by atoms with van der Waals surface area (Å²) in [6.07, 6.45) is 1.28. The van der Waals surface area contributed by atoms with Gasteiger partial charge in [0.05, 0.1) is 19.8 Å². The summed E-state index contributed by atoms with van der Waals surface area (Å²) in [6.45, 7) is -0.560. The number of fused-ring (bicyclic) bond motifs is 1. The summed E-state index contributed by atoms with van der Waals surface area (Å²) in [5, 5.41) is 20.6. The first kappa shape index (κ1) is 15.5. The molecule has 0 saturated carbocycles. The second kappa shape index (κ2) is 5.99. The van der Waals surface area contributed by atoms with Crippen molar-refractivity contribution in [2.75, 3.05) is 14.2 Å². The van der Waals surface area contributed by atoms with Crippen molar-refractivity contribution in [3.63, 3.8) is 0 Å². The third-order valence-corrected chi connectivity index (χ3v) is 3.37. The van der Waals surface area contributed by atoms with Gasteiger partial charge in [0.2, 0.25) is 0 Å². The molecule has 124 valence electrons. The number of benzene rings is 1. The van der Waals surface area contributed by atoms with Gasteiger partial charge in [-0.2, -0.15) is 9.61 Å². The second-order valence-electron chi connectivity index (χ2n) is 4.78. The summed E-state index contributed by atoms with van der Waals surface area (Å²) in [7, 11) is 2.96. The average Bonchev–Trinajstić information content (AvgIpc) is 3.04. The quantitative estimate of drug-likeness (QED) is 0.696. The first-order valence-corrected chi connectivity index (χ1v) is 6.80. The van der Waals surface area contributed by atoms with E-state index in [1.54, 1.807) is 18.2 Å². The molecule has 0 radical (unpaired) electrons. The summed E-state index contributed by atoms with van der Waals surface area (Å²) >= 11 is 0. The van der Waals surface area contributed by atoms with Gasteiger partial charge in [-0.1, -0.05) is 0 Å². The van der Waals surface area contributed by atoms with Crippen molar-refractivity contribution in [2.45, 2.75) is 6.54 Å². The van der Waals surface area contributed by atoms with Gasteiger partial charge in [-0.05, 0) is 12.1 Å². The summed E-state index contributed by atoms with van der Waals surface area (Å²) in [5.41, 5.74) is -0.192. The van der Waals surface area contributed by atoms with E-state index in [9.17, 15) is 9.59 Å². The fourth-order valence-electron chi connectivity index (χ4n) is 2.28. The minimum absolute atomic E-state index is 0.0167. The van der Waals surface area contributed by atoms with Crippen LogP contribution in [-0.2, 0) is 11.3 Å². The Morgan fingerprint density at radius 3 is 2.75 bits per heavy atom. The molecule has 0 atom stereocenters. The lowest BCUT2D eigenvalue weighted by Gasteiger charge is -2.11. The van der Waals surface area contributed by atoms with Gasteiger partial charge in [-0.3, -0.25) is 14.2 Å². The molecule has 0 bridgehead atoms. The molecular formula is C14H13N5O5. The van der Waals surface area contributed by atoms with Gasteiger partial charge in [0.15, 0.2) is 5.69 Å². The van der Waals surface area contributed by atoms with Crippen LogP contribution in [0.3, 0.4) is 0 Å². The molecule has 24 heavy (non-hydrogen) atoms. The molecule has 0 fully saturated rings. The molecule has 0 aliphatic heterocycles. The lowest BCUT2D eigenvalue weighted by atomic mass is 10.1. The molecule has 10 nitrogen and oxygen atoms in total. The molecule has 0 aliphatic rings. The maximum atomic E-state index is 12.7. The highest BCUT2D eigenvalue weighted by Crippen LogP contribution is 2.30. The number of carboxylic acids is 1. The zero-order valence-corrected chi connectivity index (χ0v) is 12.8. The predicted molar refractivity (Wildman–Crippen MR) is 81.2 cm³/mol. The van der Waals surface area contributed by atoms with Crippen molar-refractivity contribution in [1.82, 2.24) is 24.4 Å². The minimum Gasteiger partial charge on any atom is -0.497 e. The number of rotatable bonds is 5. The summed E-state index contributed by atoms with van der Waals surface area (Å²) in [4.78, 5) is 23.8. The van der Waals surface area contributed by atoms with E-state index in [-0.39, 0.29) is 11.5 Å². The van der Waals surface area contributed by atoms with Crippen LogP contribution in [0.4, 0.5) is 0 Å². The van der Waals surface area contributed by atoms with E-state index in [1.165, 1.54) is 25.1 Å². The third kappa shape index (κ3) is 2.53. The van der Waals surface area contributed by atoms with E-state index in [2.05, 4.69) is 15.3 Å². The Morgan fingerprint density at radius 2 is 2.08 bits per heavy atom. The Morgan fingerprint density at radius 1 is 1.29 bits per heavy atom. The number of aliphatic carboxylic acids is 1. The fraction of sp³-hybridized carbons (Fsp3) is 0.214. The van der Waals surface area contributed by atoms with Crippen LogP contribution in [0.5, 0.6) is 11.5 Å². The highest BCUT2D eigenvalue weighted by atomic mass is 16.5. The van der Waals surface area contributed by atoms with E-state index in [4.69, 9.17) is 14.6 Å². The first-order valence-electron chi connectivity index (χ1n) is 6.80. The van der Waals surface area contributed by atoms with E-state index in [0.717, 1.165) is 4.57 Å². The van der Waals surface area contributed by atoms with Crippen molar-refractivity contribution < 1.29 is 19.4 Å². The molecule has 0 unspecified atom stereocenters. The van der Waals surface area contributed by atoms with Gasteiger partial charge in [-0.15, -0.1) is 10.2 Å². The molecule has 3 aromatic rings. The molecule has 0 aliphatic carbocycles. The van der Waals surface area contributed by atoms with Gasteiger partial charge in [0.25, 0.3) is 11.3 Å². The number of methoxy groups -OCH3 is 2. The lowest BCUT2D eigenvalue weighted by Crippen LogP contribution is -2.29. The molecule has 10 heteroatoms. The monoisotopic (exact) mass is 331 g/mol. The normalized spacial score (nSPS) is 10.8. The second-order valence-corrected chi connectivity index (χ2v) is 4.78. The van der Waals surface area contributed by atoms with E-state index < -0.39 is 18.1 Å². The Kier molecular flexibility index (Phi) is 3.86. The number of hydrogen-bond donors (Lipinski definition) is 1. The molecule has 3 rings (SSSR count). The predicted octanol–water partition coefficient (Wildman–Crippen LogP) is 0.0548. The SMILES string of the molecule is COc1ccc(-c2nn3cnnc3n(CC(=O)O)c2=O)c(OC)c1. The van der Waals surface area contributed by atoms with Crippen LogP contribution in [0, 0.1) is 0 Å². The first-order chi connectivity index (χ1) is 11.5. The van der Waals surface area contributed by atoms with Crippen molar-refractivity contribution in [3.05, 3.63) is 34.9 Å². The third-order valence-electron chi connectivity index (χ3n) is 3.37. The summed E-state index contributed by atoms with van der Waals surface area (Å²) < 4.78 is 12.6. The fourth-order valence-corrected chi connectivity index (χ4v) is 2.28. The van der Waals surface area contributed by atoms with E-state index in [0.29, 0.717) is 17.1 Å². The maximum absolute atomic E-state index is 12.7. The molecule has 0 spiro atoms. The average molecular weight is 331 g/mol. The highest BCUT2D eigenvalue weighted by molar-refractivity contribution is 5.70. The number of carboxylic acid groups (broad SMARTS) is 1. The maximum Gasteiger partial charge on any atom is 0.323 e. The smallest absolute Gasteiger partial charge is 0.323 e. The highest BCUT2D eigenvalue weighted by Gasteiger charge is 2.19. The molecule has 2 aromatic heterocycles. The Labute approximate surface area is 134 Å². The zero-order chi connectivity index (χ0) is 17.3. The molecule has 1 N–H and O–H groups in total. The number of hydrogen-bond acceptors (Lipinski definition) is 7. The van der Waals surface area contributed by atoms with Gasteiger partial charge < -0.3 is 14.6 Å². The van der Waals surface area contributed by atoms with E-state index in [1.807, 2.05) is 0 Å². The van der Waals surface area contributed by atoms with Crippen molar-refractivity contribution in [1.29, 1.82) is 0 Å². The summed E-state index contributed by atoms with van der Waals surface area (Å²) in [6, 6.07) is 4.87. The lowest BCUT2D eigenvalue weighted by molar-refractivity contribution is -0.137. The van der Waals surface area contributed by atoms with Crippen LogP contribution in [0.2, 0.25) is 0 Å². The Balaban J connectivity index is 2.29. The summed E-state index contributed by atoms with van der Waals surface area (Å²) in [5.74, 6) is -0.223. The van der Waals surface area contributed by atoms with Crippen molar-refractivity contribution in [3.8, 4) is 22.8 Å². The molecular weight excluding hydrogens is 318 g/mol. The van der Waals surface area contributed by atoms with Crippen LogP contribution in [-0.4, -0.2) is 49.7 Å². The van der Waals surface area contributed by atoms with Crippen molar-refractivity contribution >= 4 is 11.7 Å². The van der Waals surface area contributed by atoms with Crippen LogP contribution >= 0.6 is 0 Å². The number of aromatic nitrogens is 5. The van der Waals surface area contributed by atoms with Gasteiger partial charge in [0.1, 0.15) is 24.4 Å². The van der Waals surface area contributed by atoms with Crippen molar-refractivity contribution in [2.24, 2.45) is 0 Å². The number of nitrogens with zero attached hydrogens (tertiary/aromatic N) is 5. The Bertz CT molecular complexity index is 977. The van der Waals surface area contributed by atoms with Crippen LogP contribution in [0.1, 0.15) is 0 Å². The van der Waals surface area contributed by atoms with Crippen LogP contribution < -0.4 is 15.0 Å². The zero-order valence-electron chi connectivity index (χ0n) is 12.8. The topological polar surface area (TPSA) is 121 Å².